The summed E-state index contributed by atoms with van der Waals surface area (Å²) in [5.41, 5.74) is 2.50. The summed E-state index contributed by atoms with van der Waals surface area (Å²) in [7, 11) is 4.31. The van der Waals surface area contributed by atoms with Gasteiger partial charge in [-0.05, 0) is 39.1 Å². The lowest BCUT2D eigenvalue weighted by Crippen LogP contribution is -2.31. The molecule has 0 spiro atoms. The molecule has 1 aliphatic rings. The number of rotatable bonds is 2. The van der Waals surface area contributed by atoms with Crippen molar-refractivity contribution in [3.8, 4) is 0 Å². The highest BCUT2D eigenvalue weighted by molar-refractivity contribution is 5.47. The van der Waals surface area contributed by atoms with Crippen LogP contribution >= 0.6 is 0 Å². The Kier molecular flexibility index (Phi) is 2.91. The lowest BCUT2D eigenvalue weighted by Gasteiger charge is -2.21. The van der Waals surface area contributed by atoms with Crippen molar-refractivity contribution in [2.45, 2.75) is 19.4 Å². The van der Waals surface area contributed by atoms with E-state index in [2.05, 4.69) is 41.9 Å². The smallest absolute Gasteiger partial charge is 0.0555 e. The van der Waals surface area contributed by atoms with E-state index in [1.54, 1.807) is 0 Å². The molecule has 2 heterocycles. The van der Waals surface area contributed by atoms with E-state index < -0.39 is 0 Å². The van der Waals surface area contributed by atoms with Gasteiger partial charge in [-0.25, -0.2) is 0 Å². The molecule has 15 heavy (non-hydrogen) atoms. The zero-order valence-electron chi connectivity index (χ0n) is 9.77. The van der Waals surface area contributed by atoms with Gasteiger partial charge >= 0.3 is 0 Å². The van der Waals surface area contributed by atoms with E-state index in [-0.39, 0.29) is 0 Å². The van der Waals surface area contributed by atoms with Crippen molar-refractivity contribution in [1.82, 2.24) is 9.88 Å². The minimum absolute atomic E-state index is 0.686. The number of nitrogens with zero attached hydrogens (tertiary/aromatic N) is 3. The van der Waals surface area contributed by atoms with Crippen LogP contribution in [0.5, 0.6) is 0 Å². The average Bonchev–Trinajstić information content (AvgIpc) is 2.66. The van der Waals surface area contributed by atoms with E-state index in [9.17, 15) is 0 Å². The fourth-order valence-corrected chi connectivity index (χ4v) is 2.11. The van der Waals surface area contributed by atoms with E-state index in [0.717, 1.165) is 13.1 Å². The predicted molar refractivity (Wildman–Crippen MR) is 63.3 cm³/mol. The molecule has 1 aromatic heterocycles. The van der Waals surface area contributed by atoms with Crippen LogP contribution in [0.2, 0.25) is 0 Å². The molecule has 1 saturated heterocycles. The Morgan fingerprint density at radius 3 is 2.80 bits per heavy atom. The molecule has 82 valence electrons. The van der Waals surface area contributed by atoms with Gasteiger partial charge in [0, 0.05) is 25.3 Å². The zero-order valence-corrected chi connectivity index (χ0v) is 9.77. The van der Waals surface area contributed by atoms with Crippen LogP contribution in [-0.2, 0) is 0 Å². The standard InChI is InChI=1S/C12H19N3/c1-10-6-12(8-13-7-10)15-5-4-11(9-15)14(2)3/h6-8,11H,4-5,9H2,1-3H3. The number of anilines is 1. The van der Waals surface area contributed by atoms with E-state index in [1.165, 1.54) is 17.7 Å². The van der Waals surface area contributed by atoms with Gasteiger partial charge in [0.25, 0.3) is 0 Å². The second-order valence-electron chi connectivity index (χ2n) is 4.57. The summed E-state index contributed by atoms with van der Waals surface area (Å²) in [6.07, 6.45) is 5.12. The molecule has 1 aliphatic heterocycles. The minimum atomic E-state index is 0.686. The van der Waals surface area contributed by atoms with Gasteiger partial charge < -0.3 is 9.80 Å². The first-order valence-electron chi connectivity index (χ1n) is 5.50. The van der Waals surface area contributed by atoms with Crippen LogP contribution < -0.4 is 4.90 Å². The molecule has 0 aromatic carbocycles. The molecule has 3 nitrogen and oxygen atoms in total. The topological polar surface area (TPSA) is 19.4 Å². The minimum Gasteiger partial charge on any atom is -0.369 e. The molecular weight excluding hydrogens is 186 g/mol. The Balaban J connectivity index is 2.08. The summed E-state index contributed by atoms with van der Waals surface area (Å²) in [4.78, 5) is 8.97. The highest BCUT2D eigenvalue weighted by atomic mass is 15.2. The molecule has 0 saturated carbocycles. The maximum absolute atomic E-state index is 4.24. The molecule has 2 rings (SSSR count). The van der Waals surface area contributed by atoms with Gasteiger partial charge in [0.15, 0.2) is 0 Å². The molecule has 1 unspecified atom stereocenters. The van der Waals surface area contributed by atoms with Crippen LogP contribution in [-0.4, -0.2) is 43.1 Å². The first-order chi connectivity index (χ1) is 7.16. The molecule has 0 aliphatic carbocycles. The second-order valence-corrected chi connectivity index (χ2v) is 4.57. The van der Waals surface area contributed by atoms with E-state index >= 15 is 0 Å². The fraction of sp³-hybridized carbons (Fsp3) is 0.583. The van der Waals surface area contributed by atoms with Gasteiger partial charge in [-0.1, -0.05) is 0 Å². The van der Waals surface area contributed by atoms with Crippen molar-refractivity contribution in [2.24, 2.45) is 0 Å². The van der Waals surface area contributed by atoms with Crippen LogP contribution in [0.15, 0.2) is 18.5 Å². The number of aryl methyl sites for hydroxylation is 1. The van der Waals surface area contributed by atoms with Crippen molar-refractivity contribution in [1.29, 1.82) is 0 Å². The molecule has 0 amide bonds. The number of hydrogen-bond donors (Lipinski definition) is 0. The first kappa shape index (κ1) is 10.4. The van der Waals surface area contributed by atoms with E-state index in [1.807, 2.05) is 12.4 Å². The summed E-state index contributed by atoms with van der Waals surface area (Å²) in [5, 5.41) is 0. The lowest BCUT2D eigenvalue weighted by atomic mass is 10.2. The van der Waals surface area contributed by atoms with Crippen LogP contribution in [0.1, 0.15) is 12.0 Å². The highest BCUT2D eigenvalue weighted by Crippen LogP contribution is 2.21. The molecule has 1 atom stereocenters. The maximum Gasteiger partial charge on any atom is 0.0555 e. The third kappa shape index (κ3) is 2.29. The van der Waals surface area contributed by atoms with Gasteiger partial charge in [0.1, 0.15) is 0 Å². The molecule has 0 N–H and O–H groups in total. The van der Waals surface area contributed by atoms with Gasteiger partial charge in [-0.15, -0.1) is 0 Å². The molecule has 1 aromatic rings. The van der Waals surface area contributed by atoms with Crippen molar-refractivity contribution in [3.05, 3.63) is 24.0 Å². The predicted octanol–water partition coefficient (Wildman–Crippen LogP) is 1.53. The van der Waals surface area contributed by atoms with Crippen molar-refractivity contribution < 1.29 is 0 Å². The van der Waals surface area contributed by atoms with Crippen LogP contribution in [0.4, 0.5) is 5.69 Å². The van der Waals surface area contributed by atoms with Gasteiger partial charge in [-0.3, -0.25) is 4.98 Å². The number of pyridine rings is 1. The summed E-state index contributed by atoms with van der Waals surface area (Å²) in [6, 6.07) is 2.90. The molecule has 1 fully saturated rings. The third-order valence-electron chi connectivity index (χ3n) is 3.12. The Labute approximate surface area is 91.7 Å². The van der Waals surface area contributed by atoms with E-state index in [0.29, 0.717) is 6.04 Å². The lowest BCUT2D eigenvalue weighted by molar-refractivity contribution is 0.315. The summed E-state index contributed by atoms with van der Waals surface area (Å²) in [6.45, 7) is 4.36. The largest absolute Gasteiger partial charge is 0.369 e. The first-order valence-corrected chi connectivity index (χ1v) is 5.50. The number of aromatic nitrogens is 1. The fourth-order valence-electron chi connectivity index (χ4n) is 2.11. The highest BCUT2D eigenvalue weighted by Gasteiger charge is 2.24. The summed E-state index contributed by atoms with van der Waals surface area (Å²) < 4.78 is 0. The van der Waals surface area contributed by atoms with Crippen LogP contribution in [0.25, 0.3) is 0 Å². The normalized spacial score (nSPS) is 21.3. The summed E-state index contributed by atoms with van der Waals surface area (Å²) in [5.74, 6) is 0. The SMILES string of the molecule is Cc1cncc(N2CCC(N(C)C)C2)c1. The van der Waals surface area contributed by atoms with Crippen molar-refractivity contribution in [3.63, 3.8) is 0 Å². The van der Waals surface area contributed by atoms with Crippen molar-refractivity contribution in [2.75, 3.05) is 32.1 Å². The quantitative estimate of drug-likeness (QED) is 0.730. The average molecular weight is 205 g/mol. The Bertz CT molecular complexity index is 335. The zero-order chi connectivity index (χ0) is 10.8. The maximum atomic E-state index is 4.24. The van der Waals surface area contributed by atoms with Crippen LogP contribution in [0.3, 0.4) is 0 Å². The molecular formula is C12H19N3. The van der Waals surface area contributed by atoms with E-state index in [4.69, 9.17) is 0 Å². The van der Waals surface area contributed by atoms with Gasteiger partial charge in [0.2, 0.25) is 0 Å². The number of likely N-dealkylation sites (N-methyl/N-ethyl adjacent to an activating group) is 1. The van der Waals surface area contributed by atoms with Crippen LogP contribution in [0, 0.1) is 6.92 Å². The Morgan fingerprint density at radius 2 is 2.20 bits per heavy atom. The number of hydrogen-bond acceptors (Lipinski definition) is 3. The van der Waals surface area contributed by atoms with Gasteiger partial charge in [0.05, 0.1) is 11.9 Å². The summed E-state index contributed by atoms with van der Waals surface area (Å²) >= 11 is 0. The second kappa shape index (κ2) is 4.19. The molecule has 0 bridgehead atoms. The molecule has 0 radical (unpaired) electrons. The van der Waals surface area contributed by atoms with Gasteiger partial charge in [-0.2, -0.15) is 0 Å². The molecule has 3 heteroatoms. The third-order valence-corrected chi connectivity index (χ3v) is 3.12. The monoisotopic (exact) mass is 205 g/mol. The Hall–Kier alpha value is -1.09. The Morgan fingerprint density at radius 1 is 1.40 bits per heavy atom. The van der Waals surface area contributed by atoms with Crippen molar-refractivity contribution >= 4 is 5.69 Å².